The van der Waals surface area contributed by atoms with Crippen LogP contribution in [-0.2, 0) is 0 Å². The van der Waals surface area contributed by atoms with Crippen LogP contribution in [-0.4, -0.2) is 15.9 Å². The van der Waals surface area contributed by atoms with Crippen LogP contribution in [0.15, 0.2) is 67.1 Å². The average Bonchev–Trinajstić information content (AvgIpc) is 2.57. The van der Waals surface area contributed by atoms with E-state index in [0.717, 1.165) is 0 Å². The molecule has 0 aliphatic heterocycles. The van der Waals surface area contributed by atoms with Crippen molar-refractivity contribution in [2.45, 2.75) is 0 Å². The summed E-state index contributed by atoms with van der Waals surface area (Å²) in [4.78, 5) is 19.9. The zero-order valence-corrected chi connectivity index (χ0v) is 11.9. The Bertz CT molecular complexity index is 808. The van der Waals surface area contributed by atoms with Gasteiger partial charge in [-0.2, -0.15) is 0 Å². The van der Waals surface area contributed by atoms with Gasteiger partial charge in [0.05, 0.1) is 6.20 Å². The number of benzene rings is 2. The van der Waals surface area contributed by atoms with Crippen LogP contribution >= 0.6 is 0 Å². The quantitative estimate of drug-likeness (QED) is 0.799. The molecule has 1 aromatic heterocycles. The number of amides is 1. The number of hydrogen-bond donors (Lipinski definition) is 1. The largest absolute Gasteiger partial charge is 0.438 e. The molecular weight excluding hydrogens is 297 g/mol. The van der Waals surface area contributed by atoms with Crippen molar-refractivity contribution in [2.75, 3.05) is 5.32 Å². The Balaban J connectivity index is 1.67. The monoisotopic (exact) mass is 309 g/mol. The lowest BCUT2D eigenvalue weighted by Crippen LogP contribution is -2.11. The first-order valence-electron chi connectivity index (χ1n) is 6.81. The molecule has 0 aliphatic carbocycles. The molecule has 0 radical (unpaired) electrons. The van der Waals surface area contributed by atoms with Crippen LogP contribution < -0.4 is 10.1 Å². The Morgan fingerprint density at radius 1 is 1.09 bits per heavy atom. The van der Waals surface area contributed by atoms with Crippen LogP contribution in [0.2, 0.25) is 0 Å². The summed E-state index contributed by atoms with van der Waals surface area (Å²) < 4.78 is 18.6. The van der Waals surface area contributed by atoms with Crippen molar-refractivity contribution < 1.29 is 13.9 Å². The second kappa shape index (κ2) is 6.65. The van der Waals surface area contributed by atoms with E-state index in [1.165, 1.54) is 30.6 Å². The summed E-state index contributed by atoms with van der Waals surface area (Å²) in [5, 5.41) is 2.69. The zero-order chi connectivity index (χ0) is 16.1. The van der Waals surface area contributed by atoms with Gasteiger partial charge in [0.1, 0.15) is 11.6 Å². The highest BCUT2D eigenvalue weighted by Crippen LogP contribution is 2.21. The Kier molecular flexibility index (Phi) is 4.24. The number of halogens is 1. The Morgan fingerprint density at radius 3 is 2.61 bits per heavy atom. The lowest BCUT2D eigenvalue weighted by Gasteiger charge is -2.07. The predicted molar refractivity (Wildman–Crippen MR) is 82.9 cm³/mol. The molecule has 0 bridgehead atoms. The van der Waals surface area contributed by atoms with E-state index in [2.05, 4.69) is 15.3 Å². The summed E-state index contributed by atoms with van der Waals surface area (Å²) in [6.45, 7) is 0. The number of rotatable bonds is 4. The zero-order valence-electron chi connectivity index (χ0n) is 11.9. The molecule has 3 rings (SSSR count). The molecule has 0 aliphatic rings. The number of aromatic nitrogens is 2. The highest BCUT2D eigenvalue weighted by atomic mass is 19.1. The number of hydrogen-bond acceptors (Lipinski definition) is 4. The van der Waals surface area contributed by atoms with Gasteiger partial charge in [0.2, 0.25) is 5.88 Å². The van der Waals surface area contributed by atoms with Gasteiger partial charge in [-0.05, 0) is 42.5 Å². The maximum Gasteiger partial charge on any atom is 0.255 e. The minimum atomic E-state index is -0.453. The maximum absolute atomic E-state index is 13.1. The first-order valence-corrected chi connectivity index (χ1v) is 6.81. The first kappa shape index (κ1) is 14.6. The summed E-state index contributed by atoms with van der Waals surface area (Å²) in [6.07, 6.45) is 4.58. The van der Waals surface area contributed by atoms with E-state index < -0.39 is 5.82 Å². The SMILES string of the molecule is O=C(Nc1ccc(Oc2cnccn2)cc1)c1cccc(F)c1. The van der Waals surface area contributed by atoms with Gasteiger partial charge < -0.3 is 10.1 Å². The minimum Gasteiger partial charge on any atom is -0.438 e. The van der Waals surface area contributed by atoms with Crippen molar-refractivity contribution in [1.29, 1.82) is 0 Å². The predicted octanol–water partition coefficient (Wildman–Crippen LogP) is 3.66. The number of carbonyl (C=O) groups excluding carboxylic acids is 1. The van der Waals surface area contributed by atoms with Gasteiger partial charge in [-0.15, -0.1) is 0 Å². The molecule has 0 unspecified atom stereocenters. The van der Waals surface area contributed by atoms with E-state index in [9.17, 15) is 9.18 Å². The van der Waals surface area contributed by atoms with E-state index in [1.54, 1.807) is 36.5 Å². The molecule has 0 atom stereocenters. The highest BCUT2D eigenvalue weighted by Gasteiger charge is 2.07. The van der Waals surface area contributed by atoms with Crippen molar-refractivity contribution in [1.82, 2.24) is 9.97 Å². The van der Waals surface area contributed by atoms with Crippen LogP contribution in [0, 0.1) is 5.82 Å². The van der Waals surface area contributed by atoms with Gasteiger partial charge in [-0.25, -0.2) is 9.37 Å². The molecule has 1 N–H and O–H groups in total. The lowest BCUT2D eigenvalue weighted by atomic mass is 10.2. The van der Waals surface area contributed by atoms with Gasteiger partial charge in [0.15, 0.2) is 0 Å². The van der Waals surface area contributed by atoms with E-state index in [0.29, 0.717) is 17.3 Å². The number of anilines is 1. The molecule has 1 heterocycles. The van der Waals surface area contributed by atoms with Crippen LogP contribution in [0.5, 0.6) is 11.6 Å². The fourth-order valence-corrected chi connectivity index (χ4v) is 1.90. The molecular formula is C17H12FN3O2. The summed E-state index contributed by atoms with van der Waals surface area (Å²) in [5.41, 5.74) is 0.829. The number of carbonyl (C=O) groups is 1. The number of nitrogens with zero attached hydrogens (tertiary/aromatic N) is 2. The molecule has 2 aromatic carbocycles. The van der Waals surface area contributed by atoms with Gasteiger partial charge in [0, 0.05) is 23.6 Å². The van der Waals surface area contributed by atoms with Gasteiger partial charge in [0.25, 0.3) is 5.91 Å². The highest BCUT2D eigenvalue weighted by molar-refractivity contribution is 6.04. The normalized spacial score (nSPS) is 10.1. The summed E-state index contributed by atoms with van der Waals surface area (Å²) in [5.74, 6) is 0.107. The maximum atomic E-state index is 13.1. The molecule has 3 aromatic rings. The van der Waals surface area contributed by atoms with E-state index in [-0.39, 0.29) is 11.5 Å². The first-order chi connectivity index (χ1) is 11.2. The van der Waals surface area contributed by atoms with Crippen molar-refractivity contribution >= 4 is 11.6 Å². The van der Waals surface area contributed by atoms with Crippen LogP contribution in [0.4, 0.5) is 10.1 Å². The standard InChI is InChI=1S/C17H12FN3O2/c18-13-3-1-2-12(10-13)17(22)21-14-4-6-15(7-5-14)23-16-11-19-8-9-20-16/h1-11H,(H,21,22). The third kappa shape index (κ3) is 3.88. The van der Waals surface area contributed by atoms with Gasteiger partial charge >= 0.3 is 0 Å². The summed E-state index contributed by atoms with van der Waals surface area (Å²) in [6, 6.07) is 12.2. The van der Waals surface area contributed by atoms with Crippen LogP contribution in [0.25, 0.3) is 0 Å². The Morgan fingerprint density at radius 2 is 1.91 bits per heavy atom. The van der Waals surface area contributed by atoms with Gasteiger partial charge in [-0.1, -0.05) is 6.07 Å². The second-order valence-corrected chi connectivity index (χ2v) is 4.63. The third-order valence-corrected chi connectivity index (χ3v) is 2.96. The van der Waals surface area contributed by atoms with Crippen LogP contribution in [0.3, 0.4) is 0 Å². The van der Waals surface area contributed by atoms with Crippen LogP contribution in [0.1, 0.15) is 10.4 Å². The number of ether oxygens (including phenoxy) is 1. The number of nitrogens with one attached hydrogen (secondary N) is 1. The molecule has 1 amide bonds. The molecule has 5 nitrogen and oxygen atoms in total. The van der Waals surface area contributed by atoms with E-state index in [1.807, 2.05) is 0 Å². The second-order valence-electron chi connectivity index (χ2n) is 4.63. The molecule has 0 saturated carbocycles. The van der Waals surface area contributed by atoms with E-state index >= 15 is 0 Å². The summed E-state index contributed by atoms with van der Waals surface area (Å²) in [7, 11) is 0. The molecule has 6 heteroatoms. The smallest absolute Gasteiger partial charge is 0.255 e. The summed E-state index contributed by atoms with van der Waals surface area (Å²) >= 11 is 0. The van der Waals surface area contributed by atoms with Crippen molar-refractivity contribution in [2.24, 2.45) is 0 Å². The van der Waals surface area contributed by atoms with Gasteiger partial charge in [-0.3, -0.25) is 9.78 Å². The Hall–Kier alpha value is -3.28. The minimum absolute atomic E-state index is 0.255. The topological polar surface area (TPSA) is 64.1 Å². The molecule has 114 valence electrons. The fourth-order valence-electron chi connectivity index (χ4n) is 1.90. The Labute approximate surface area is 131 Å². The molecule has 0 fully saturated rings. The molecule has 0 saturated heterocycles. The van der Waals surface area contributed by atoms with E-state index in [4.69, 9.17) is 4.74 Å². The third-order valence-electron chi connectivity index (χ3n) is 2.96. The molecule has 23 heavy (non-hydrogen) atoms. The average molecular weight is 309 g/mol. The van der Waals surface area contributed by atoms with Crippen molar-refractivity contribution in [3.05, 3.63) is 78.5 Å². The lowest BCUT2D eigenvalue weighted by molar-refractivity contribution is 0.102. The van der Waals surface area contributed by atoms with Crippen molar-refractivity contribution in [3.63, 3.8) is 0 Å². The fraction of sp³-hybridized carbons (Fsp3) is 0. The van der Waals surface area contributed by atoms with Crippen molar-refractivity contribution in [3.8, 4) is 11.6 Å². The molecule has 0 spiro atoms.